The van der Waals surface area contributed by atoms with Gasteiger partial charge in [0.2, 0.25) is 11.9 Å². The van der Waals surface area contributed by atoms with Gasteiger partial charge in [0, 0.05) is 25.5 Å². The van der Waals surface area contributed by atoms with E-state index in [1.54, 1.807) is 11.6 Å². The molecule has 1 aromatic carbocycles. The number of tetrazole rings is 1. The minimum atomic E-state index is -0.493. The highest BCUT2D eigenvalue weighted by Crippen LogP contribution is 2.34. The Hall–Kier alpha value is -2.90. The van der Waals surface area contributed by atoms with Crippen molar-refractivity contribution in [1.82, 2.24) is 20.2 Å². The molecule has 22 heavy (non-hydrogen) atoms. The Balaban J connectivity index is 2.12. The first-order valence-corrected chi connectivity index (χ1v) is 6.81. The molecule has 0 fully saturated rings. The summed E-state index contributed by atoms with van der Waals surface area (Å²) in [6, 6.07) is 7.44. The molecule has 1 atom stereocenters. The van der Waals surface area contributed by atoms with Crippen LogP contribution in [0.3, 0.4) is 0 Å². The maximum absolute atomic E-state index is 11.9. The molecule has 8 heteroatoms. The Morgan fingerprint density at radius 1 is 1.32 bits per heavy atom. The molecule has 114 valence electrons. The van der Waals surface area contributed by atoms with Gasteiger partial charge in [0.05, 0.1) is 5.57 Å². The number of anilines is 2. The quantitative estimate of drug-likeness (QED) is 0.856. The number of aromatic nitrogens is 4. The van der Waals surface area contributed by atoms with E-state index in [1.807, 2.05) is 43.3 Å². The first-order valence-electron chi connectivity index (χ1n) is 6.81. The van der Waals surface area contributed by atoms with Crippen molar-refractivity contribution < 1.29 is 4.79 Å². The lowest BCUT2D eigenvalue weighted by molar-refractivity contribution is -0.115. The van der Waals surface area contributed by atoms with E-state index in [0.29, 0.717) is 17.2 Å². The van der Waals surface area contributed by atoms with Gasteiger partial charge in [-0.2, -0.15) is 4.68 Å². The highest BCUT2D eigenvalue weighted by Gasteiger charge is 2.32. The van der Waals surface area contributed by atoms with Crippen molar-refractivity contribution >= 4 is 17.5 Å². The molecule has 1 unspecified atom stereocenters. The third-order valence-corrected chi connectivity index (χ3v) is 3.70. The number of rotatable bonds is 3. The number of carbonyl (C=O) groups is 1. The van der Waals surface area contributed by atoms with Gasteiger partial charge in [-0.15, -0.1) is 0 Å². The zero-order chi connectivity index (χ0) is 15.9. The Labute approximate surface area is 127 Å². The van der Waals surface area contributed by atoms with Crippen molar-refractivity contribution in [1.29, 1.82) is 0 Å². The van der Waals surface area contributed by atoms with Crippen LogP contribution in [-0.2, 0) is 4.79 Å². The molecule has 0 spiro atoms. The fourth-order valence-corrected chi connectivity index (χ4v) is 2.59. The van der Waals surface area contributed by atoms with Crippen LogP contribution in [0.15, 0.2) is 35.5 Å². The Morgan fingerprint density at radius 3 is 2.59 bits per heavy atom. The largest absolute Gasteiger partial charge is 0.378 e. The topological polar surface area (TPSA) is 102 Å². The molecule has 0 aliphatic carbocycles. The summed E-state index contributed by atoms with van der Waals surface area (Å²) in [7, 11) is 3.94. The molecule has 3 rings (SSSR count). The zero-order valence-corrected chi connectivity index (χ0v) is 12.6. The summed E-state index contributed by atoms with van der Waals surface area (Å²) in [5, 5.41) is 14.6. The fourth-order valence-electron chi connectivity index (χ4n) is 2.59. The molecule has 2 aromatic rings. The Kier molecular flexibility index (Phi) is 3.28. The normalized spacial score (nSPS) is 17.0. The number of nitrogens with zero attached hydrogens (tertiary/aromatic N) is 5. The van der Waals surface area contributed by atoms with E-state index in [2.05, 4.69) is 20.8 Å². The van der Waals surface area contributed by atoms with Crippen LogP contribution in [0.4, 0.5) is 11.6 Å². The summed E-state index contributed by atoms with van der Waals surface area (Å²) in [4.78, 5) is 13.9. The molecular formula is C14H17N7O. The maximum Gasteiger partial charge on any atom is 0.248 e. The smallest absolute Gasteiger partial charge is 0.248 e. The Bertz CT molecular complexity index is 745. The van der Waals surface area contributed by atoms with Crippen LogP contribution in [0.1, 0.15) is 18.5 Å². The second-order valence-electron chi connectivity index (χ2n) is 5.36. The molecule has 3 N–H and O–H groups in total. The minimum absolute atomic E-state index is 0.431. The third-order valence-electron chi connectivity index (χ3n) is 3.70. The molecule has 1 aliphatic heterocycles. The maximum atomic E-state index is 11.9. The number of primary amides is 1. The average molecular weight is 299 g/mol. The van der Waals surface area contributed by atoms with Crippen LogP contribution in [0.25, 0.3) is 0 Å². The van der Waals surface area contributed by atoms with Crippen LogP contribution in [0.5, 0.6) is 0 Å². The monoisotopic (exact) mass is 299 g/mol. The van der Waals surface area contributed by atoms with Gasteiger partial charge < -0.3 is 16.0 Å². The van der Waals surface area contributed by atoms with E-state index < -0.39 is 11.9 Å². The predicted molar refractivity (Wildman–Crippen MR) is 82.2 cm³/mol. The second kappa shape index (κ2) is 5.14. The number of amides is 1. The van der Waals surface area contributed by atoms with Gasteiger partial charge in [0.1, 0.15) is 6.04 Å². The van der Waals surface area contributed by atoms with Gasteiger partial charge in [-0.25, -0.2) is 0 Å². The molecule has 0 saturated heterocycles. The van der Waals surface area contributed by atoms with E-state index in [0.717, 1.165) is 11.3 Å². The van der Waals surface area contributed by atoms with Gasteiger partial charge in [-0.05, 0) is 35.0 Å². The molecule has 0 saturated carbocycles. The molecule has 1 amide bonds. The van der Waals surface area contributed by atoms with Crippen molar-refractivity contribution in [3.05, 3.63) is 41.1 Å². The molecule has 0 radical (unpaired) electrons. The molecule has 2 heterocycles. The second-order valence-corrected chi connectivity index (χ2v) is 5.36. The standard InChI is InChI=1S/C14H17N7O/c1-8-11(13(15)22)12(21-14(16-8)17-18-19-21)9-4-6-10(7-5-9)20(2)3/h4-7,12H,1-3H3,(H2,15,22)(H,16,17,19). The summed E-state index contributed by atoms with van der Waals surface area (Å²) in [6.07, 6.45) is 0. The van der Waals surface area contributed by atoms with E-state index in [-0.39, 0.29) is 0 Å². The van der Waals surface area contributed by atoms with Gasteiger partial charge in [-0.1, -0.05) is 17.2 Å². The summed E-state index contributed by atoms with van der Waals surface area (Å²) in [5.41, 5.74) is 8.64. The van der Waals surface area contributed by atoms with E-state index >= 15 is 0 Å². The van der Waals surface area contributed by atoms with Gasteiger partial charge in [0.15, 0.2) is 0 Å². The SMILES string of the molecule is CC1=C(C(N)=O)C(c2ccc(N(C)C)cc2)n2nnnc2N1. The van der Waals surface area contributed by atoms with E-state index in [4.69, 9.17) is 5.73 Å². The fraction of sp³-hybridized carbons (Fsp3) is 0.286. The number of benzene rings is 1. The van der Waals surface area contributed by atoms with Crippen LogP contribution in [0.2, 0.25) is 0 Å². The first-order chi connectivity index (χ1) is 10.5. The lowest BCUT2D eigenvalue weighted by Gasteiger charge is -2.27. The summed E-state index contributed by atoms with van der Waals surface area (Å²) >= 11 is 0. The number of allylic oxidation sites excluding steroid dienone is 1. The highest BCUT2D eigenvalue weighted by molar-refractivity contribution is 5.95. The van der Waals surface area contributed by atoms with Crippen molar-refractivity contribution in [3.8, 4) is 0 Å². The number of nitrogens with two attached hydrogens (primary N) is 1. The zero-order valence-electron chi connectivity index (χ0n) is 12.6. The van der Waals surface area contributed by atoms with Crippen LogP contribution in [0, 0.1) is 0 Å². The van der Waals surface area contributed by atoms with E-state index in [1.165, 1.54) is 0 Å². The van der Waals surface area contributed by atoms with Crippen LogP contribution in [-0.4, -0.2) is 40.2 Å². The first kappa shape index (κ1) is 14.1. The predicted octanol–water partition coefficient (Wildman–Crippen LogP) is 0.513. The van der Waals surface area contributed by atoms with Gasteiger partial charge in [-0.3, -0.25) is 4.79 Å². The summed E-state index contributed by atoms with van der Waals surface area (Å²) in [6.45, 7) is 1.79. The lowest BCUT2D eigenvalue weighted by atomic mass is 9.95. The summed E-state index contributed by atoms with van der Waals surface area (Å²) in [5.74, 6) is -0.00276. The molecule has 1 aromatic heterocycles. The Morgan fingerprint density at radius 2 is 2.00 bits per heavy atom. The number of fused-ring (bicyclic) bond motifs is 1. The van der Waals surface area contributed by atoms with Crippen molar-refractivity contribution in [2.75, 3.05) is 24.3 Å². The number of carbonyl (C=O) groups excluding carboxylic acids is 1. The van der Waals surface area contributed by atoms with Crippen molar-refractivity contribution in [3.63, 3.8) is 0 Å². The highest BCUT2D eigenvalue weighted by atomic mass is 16.1. The number of nitrogens with one attached hydrogen (secondary N) is 1. The number of hydrogen-bond donors (Lipinski definition) is 2. The molecule has 1 aliphatic rings. The van der Waals surface area contributed by atoms with Gasteiger partial charge >= 0.3 is 0 Å². The molecule has 8 nitrogen and oxygen atoms in total. The number of hydrogen-bond acceptors (Lipinski definition) is 6. The van der Waals surface area contributed by atoms with Gasteiger partial charge in [0.25, 0.3) is 0 Å². The van der Waals surface area contributed by atoms with Crippen LogP contribution < -0.4 is 16.0 Å². The summed E-state index contributed by atoms with van der Waals surface area (Å²) < 4.78 is 1.57. The van der Waals surface area contributed by atoms with Crippen LogP contribution >= 0.6 is 0 Å². The van der Waals surface area contributed by atoms with Crippen molar-refractivity contribution in [2.45, 2.75) is 13.0 Å². The molecule has 0 bridgehead atoms. The third kappa shape index (κ3) is 2.18. The lowest BCUT2D eigenvalue weighted by Crippen LogP contribution is -2.31. The average Bonchev–Trinajstić information content (AvgIpc) is 2.93. The molecular weight excluding hydrogens is 282 g/mol. The van der Waals surface area contributed by atoms with E-state index in [9.17, 15) is 4.79 Å². The minimum Gasteiger partial charge on any atom is -0.378 e. The van der Waals surface area contributed by atoms with Crippen molar-refractivity contribution in [2.24, 2.45) is 5.73 Å².